The number of amides is 2. The molecule has 0 aromatic carbocycles. The Morgan fingerprint density at radius 2 is 2.21 bits per heavy atom. The van der Waals surface area contributed by atoms with E-state index in [0.29, 0.717) is 18.7 Å². The van der Waals surface area contributed by atoms with Gasteiger partial charge in [-0.15, -0.1) is 0 Å². The van der Waals surface area contributed by atoms with Crippen molar-refractivity contribution in [3.05, 3.63) is 29.6 Å². The molecule has 0 aliphatic carbocycles. The number of aryl methyl sites for hydroxylation is 1. The average molecular weight is 261 g/mol. The minimum Gasteiger partial charge on any atom is -0.353 e. The standard InChI is InChI=1S/C14H19N3O2/c1-9(2)12-13(18)15-6-7-17(12)14(19)11-5-4-10(3)16-8-11/h4-5,8-9,12H,6-7H2,1-3H3,(H,15,18). The third kappa shape index (κ3) is 2.75. The van der Waals surface area contributed by atoms with E-state index in [-0.39, 0.29) is 17.7 Å². The highest BCUT2D eigenvalue weighted by atomic mass is 16.2. The van der Waals surface area contributed by atoms with E-state index in [2.05, 4.69) is 10.3 Å². The fourth-order valence-corrected chi connectivity index (χ4v) is 2.34. The summed E-state index contributed by atoms with van der Waals surface area (Å²) in [5.74, 6) is -0.113. The first-order valence-corrected chi connectivity index (χ1v) is 6.52. The molecule has 1 fully saturated rings. The quantitative estimate of drug-likeness (QED) is 0.863. The first-order valence-electron chi connectivity index (χ1n) is 6.52. The Kier molecular flexibility index (Phi) is 3.83. The molecule has 1 aliphatic heterocycles. The summed E-state index contributed by atoms with van der Waals surface area (Å²) in [6.07, 6.45) is 1.57. The molecular weight excluding hydrogens is 242 g/mol. The Morgan fingerprint density at radius 3 is 2.79 bits per heavy atom. The van der Waals surface area contributed by atoms with Gasteiger partial charge >= 0.3 is 0 Å². The van der Waals surface area contributed by atoms with Crippen LogP contribution in [0.15, 0.2) is 18.3 Å². The zero-order chi connectivity index (χ0) is 14.0. The maximum atomic E-state index is 12.5. The largest absolute Gasteiger partial charge is 0.353 e. The van der Waals surface area contributed by atoms with Crippen LogP contribution in [0.1, 0.15) is 29.9 Å². The van der Waals surface area contributed by atoms with Gasteiger partial charge in [-0.1, -0.05) is 13.8 Å². The summed E-state index contributed by atoms with van der Waals surface area (Å²) in [6, 6.07) is 3.17. The van der Waals surface area contributed by atoms with Gasteiger partial charge in [-0.2, -0.15) is 0 Å². The second kappa shape index (κ2) is 5.38. The van der Waals surface area contributed by atoms with E-state index < -0.39 is 6.04 Å². The molecule has 0 spiro atoms. The van der Waals surface area contributed by atoms with Crippen molar-refractivity contribution in [2.45, 2.75) is 26.8 Å². The second-order valence-corrected chi connectivity index (χ2v) is 5.17. The highest BCUT2D eigenvalue weighted by Gasteiger charge is 2.35. The van der Waals surface area contributed by atoms with Gasteiger partial charge in [0, 0.05) is 25.0 Å². The number of nitrogens with zero attached hydrogens (tertiary/aromatic N) is 2. The normalized spacial score (nSPS) is 19.5. The molecule has 0 saturated carbocycles. The van der Waals surface area contributed by atoms with Gasteiger partial charge < -0.3 is 10.2 Å². The number of rotatable bonds is 2. The number of nitrogens with one attached hydrogen (secondary N) is 1. The van der Waals surface area contributed by atoms with Crippen LogP contribution in [-0.2, 0) is 4.79 Å². The second-order valence-electron chi connectivity index (χ2n) is 5.17. The summed E-state index contributed by atoms with van der Waals surface area (Å²) in [7, 11) is 0. The van der Waals surface area contributed by atoms with E-state index in [0.717, 1.165) is 5.69 Å². The summed E-state index contributed by atoms with van der Waals surface area (Å²) >= 11 is 0. The summed E-state index contributed by atoms with van der Waals surface area (Å²) in [4.78, 5) is 30.2. The van der Waals surface area contributed by atoms with Crippen LogP contribution in [0.5, 0.6) is 0 Å². The Morgan fingerprint density at radius 1 is 1.47 bits per heavy atom. The predicted molar refractivity (Wildman–Crippen MR) is 71.6 cm³/mol. The molecular formula is C14H19N3O2. The molecule has 5 nitrogen and oxygen atoms in total. The van der Waals surface area contributed by atoms with Gasteiger partial charge in [0.1, 0.15) is 6.04 Å². The van der Waals surface area contributed by atoms with Gasteiger partial charge in [0.2, 0.25) is 5.91 Å². The van der Waals surface area contributed by atoms with Gasteiger partial charge in [-0.3, -0.25) is 14.6 Å². The predicted octanol–water partition coefficient (Wildman–Crippen LogP) is 0.987. The first-order chi connectivity index (χ1) is 9.00. The topological polar surface area (TPSA) is 62.3 Å². The number of carbonyl (C=O) groups excluding carboxylic acids is 2. The Labute approximate surface area is 113 Å². The molecule has 1 N–H and O–H groups in total. The van der Waals surface area contributed by atoms with Gasteiger partial charge in [-0.25, -0.2) is 0 Å². The number of carbonyl (C=O) groups is 2. The van der Waals surface area contributed by atoms with Crippen LogP contribution in [0.25, 0.3) is 0 Å². The number of pyridine rings is 1. The molecule has 1 aliphatic rings. The molecule has 0 radical (unpaired) electrons. The summed E-state index contributed by atoms with van der Waals surface area (Å²) in [6.45, 7) is 6.82. The molecule has 1 saturated heterocycles. The zero-order valence-corrected chi connectivity index (χ0v) is 11.5. The van der Waals surface area contributed by atoms with Crippen molar-refractivity contribution in [2.24, 2.45) is 5.92 Å². The number of piperazine rings is 1. The minimum absolute atomic E-state index is 0.0744. The van der Waals surface area contributed by atoms with Gasteiger partial charge in [0.25, 0.3) is 5.91 Å². The minimum atomic E-state index is -0.400. The van der Waals surface area contributed by atoms with E-state index in [1.54, 1.807) is 17.2 Å². The lowest BCUT2D eigenvalue weighted by molar-refractivity contribution is -0.129. The zero-order valence-electron chi connectivity index (χ0n) is 11.5. The van der Waals surface area contributed by atoms with E-state index in [1.165, 1.54) is 0 Å². The van der Waals surface area contributed by atoms with Crippen molar-refractivity contribution >= 4 is 11.8 Å². The fourth-order valence-electron chi connectivity index (χ4n) is 2.34. The van der Waals surface area contributed by atoms with Crippen LogP contribution in [-0.4, -0.2) is 40.8 Å². The summed E-state index contributed by atoms with van der Waals surface area (Å²) < 4.78 is 0. The Balaban J connectivity index is 2.25. The maximum Gasteiger partial charge on any atom is 0.256 e. The van der Waals surface area contributed by atoms with Crippen LogP contribution in [0.4, 0.5) is 0 Å². The molecule has 102 valence electrons. The molecule has 2 heterocycles. The SMILES string of the molecule is Cc1ccc(C(=O)N2CCNC(=O)C2C(C)C)cn1. The number of hydrogen-bond acceptors (Lipinski definition) is 3. The summed E-state index contributed by atoms with van der Waals surface area (Å²) in [5, 5.41) is 2.81. The molecule has 19 heavy (non-hydrogen) atoms. The van der Waals surface area contributed by atoms with Crippen molar-refractivity contribution in [1.29, 1.82) is 0 Å². The van der Waals surface area contributed by atoms with E-state index in [4.69, 9.17) is 0 Å². The molecule has 2 rings (SSSR count). The fraction of sp³-hybridized carbons (Fsp3) is 0.500. The lowest BCUT2D eigenvalue weighted by atomic mass is 9.99. The van der Waals surface area contributed by atoms with Crippen molar-refractivity contribution in [1.82, 2.24) is 15.2 Å². The van der Waals surface area contributed by atoms with Gasteiger partial charge in [-0.05, 0) is 25.0 Å². The average Bonchev–Trinajstić information content (AvgIpc) is 2.38. The molecule has 1 atom stereocenters. The van der Waals surface area contributed by atoms with Crippen molar-refractivity contribution < 1.29 is 9.59 Å². The number of aromatic nitrogens is 1. The monoisotopic (exact) mass is 261 g/mol. The van der Waals surface area contributed by atoms with E-state index in [9.17, 15) is 9.59 Å². The van der Waals surface area contributed by atoms with Gasteiger partial charge in [0.15, 0.2) is 0 Å². The molecule has 2 amide bonds. The number of hydrogen-bond donors (Lipinski definition) is 1. The lowest BCUT2D eigenvalue weighted by Crippen LogP contribution is -2.59. The smallest absolute Gasteiger partial charge is 0.256 e. The van der Waals surface area contributed by atoms with E-state index >= 15 is 0 Å². The summed E-state index contributed by atoms with van der Waals surface area (Å²) in [5.41, 5.74) is 1.40. The highest BCUT2D eigenvalue weighted by Crippen LogP contribution is 2.17. The van der Waals surface area contributed by atoms with Gasteiger partial charge in [0.05, 0.1) is 5.56 Å². The van der Waals surface area contributed by atoms with Crippen molar-refractivity contribution in [2.75, 3.05) is 13.1 Å². The Bertz CT molecular complexity index is 482. The first kappa shape index (κ1) is 13.5. The van der Waals surface area contributed by atoms with Crippen LogP contribution in [0.2, 0.25) is 0 Å². The Hall–Kier alpha value is -1.91. The molecule has 1 unspecified atom stereocenters. The van der Waals surface area contributed by atoms with E-state index in [1.807, 2.05) is 26.8 Å². The maximum absolute atomic E-state index is 12.5. The molecule has 1 aromatic rings. The third-order valence-corrected chi connectivity index (χ3v) is 3.31. The third-order valence-electron chi connectivity index (χ3n) is 3.31. The van der Waals surface area contributed by atoms with Crippen LogP contribution in [0, 0.1) is 12.8 Å². The molecule has 5 heteroatoms. The molecule has 1 aromatic heterocycles. The lowest BCUT2D eigenvalue weighted by Gasteiger charge is -2.37. The van der Waals surface area contributed by atoms with Crippen LogP contribution < -0.4 is 5.32 Å². The van der Waals surface area contributed by atoms with Crippen molar-refractivity contribution in [3.63, 3.8) is 0 Å². The molecule has 0 bridgehead atoms. The highest BCUT2D eigenvalue weighted by molar-refractivity contribution is 5.98. The van der Waals surface area contributed by atoms with Crippen LogP contribution >= 0.6 is 0 Å². The van der Waals surface area contributed by atoms with Crippen LogP contribution in [0.3, 0.4) is 0 Å². The van der Waals surface area contributed by atoms with Crippen molar-refractivity contribution in [3.8, 4) is 0 Å².